The number of amides is 2. The summed E-state index contributed by atoms with van der Waals surface area (Å²) < 4.78 is 11.0. The molecule has 0 aliphatic rings. The predicted octanol–water partition coefficient (Wildman–Crippen LogP) is 4.64. The van der Waals surface area contributed by atoms with Crippen molar-refractivity contribution in [2.75, 3.05) is 23.8 Å². The molecule has 0 fully saturated rings. The fourth-order valence-corrected chi connectivity index (χ4v) is 4.36. The number of fused-ring (bicyclic) bond motifs is 1. The zero-order valence-corrected chi connectivity index (χ0v) is 23.9. The summed E-state index contributed by atoms with van der Waals surface area (Å²) in [6.07, 6.45) is 2.03. The van der Waals surface area contributed by atoms with Gasteiger partial charge in [-0.25, -0.2) is 9.59 Å². The summed E-state index contributed by atoms with van der Waals surface area (Å²) in [6, 6.07) is 17.8. The SMILES string of the molecule is Cc1c(NC(=O)OC(C)(C)C)ccc2nc(N(C)C(Cc3ccccc3)C(=O)NCCc3ccccn3)oc(=O)c12. The van der Waals surface area contributed by atoms with Gasteiger partial charge in [0.25, 0.3) is 0 Å². The van der Waals surface area contributed by atoms with Crippen LogP contribution in [-0.2, 0) is 22.4 Å². The number of anilines is 2. The van der Waals surface area contributed by atoms with Crippen LogP contribution in [0.2, 0.25) is 0 Å². The first-order valence-electron chi connectivity index (χ1n) is 13.4. The number of aryl methyl sites for hydroxylation is 1. The summed E-state index contributed by atoms with van der Waals surface area (Å²) in [4.78, 5) is 49.4. The van der Waals surface area contributed by atoms with Crippen molar-refractivity contribution in [3.05, 3.63) is 94.1 Å². The summed E-state index contributed by atoms with van der Waals surface area (Å²) in [5, 5.41) is 5.89. The normalized spacial score (nSPS) is 12.0. The fraction of sp³-hybridized carbons (Fsp3) is 0.323. The van der Waals surface area contributed by atoms with E-state index >= 15 is 0 Å². The van der Waals surface area contributed by atoms with Gasteiger partial charge in [0.1, 0.15) is 11.6 Å². The van der Waals surface area contributed by atoms with Crippen molar-refractivity contribution in [1.82, 2.24) is 15.3 Å². The lowest BCUT2D eigenvalue weighted by Gasteiger charge is -2.27. The van der Waals surface area contributed by atoms with Gasteiger partial charge in [-0.2, -0.15) is 4.98 Å². The van der Waals surface area contributed by atoms with Crippen LogP contribution in [0.1, 0.15) is 37.6 Å². The summed E-state index contributed by atoms with van der Waals surface area (Å²) in [5.74, 6) is -0.232. The van der Waals surface area contributed by atoms with Gasteiger partial charge in [-0.15, -0.1) is 0 Å². The largest absolute Gasteiger partial charge is 0.444 e. The lowest BCUT2D eigenvalue weighted by atomic mass is 10.0. The van der Waals surface area contributed by atoms with Crippen LogP contribution in [0, 0.1) is 6.92 Å². The molecular weight excluding hydrogens is 522 g/mol. The quantitative estimate of drug-likeness (QED) is 0.305. The average Bonchev–Trinajstić information content (AvgIpc) is 2.92. The number of nitrogens with one attached hydrogen (secondary N) is 2. The molecule has 2 amide bonds. The minimum Gasteiger partial charge on any atom is -0.444 e. The minimum atomic E-state index is -0.705. The third kappa shape index (κ3) is 7.69. The Labute approximate surface area is 238 Å². The van der Waals surface area contributed by atoms with Crippen molar-refractivity contribution in [2.45, 2.75) is 52.2 Å². The molecule has 10 heteroatoms. The van der Waals surface area contributed by atoms with E-state index in [1.807, 2.05) is 48.5 Å². The maximum absolute atomic E-state index is 13.4. The highest BCUT2D eigenvalue weighted by Gasteiger charge is 2.27. The van der Waals surface area contributed by atoms with Crippen LogP contribution in [-0.4, -0.2) is 47.2 Å². The molecule has 4 aromatic rings. The maximum Gasteiger partial charge on any atom is 0.412 e. The smallest absolute Gasteiger partial charge is 0.412 e. The van der Waals surface area contributed by atoms with E-state index in [-0.39, 0.29) is 17.3 Å². The molecule has 0 radical (unpaired) electrons. The molecule has 214 valence electrons. The third-order valence-electron chi connectivity index (χ3n) is 6.43. The van der Waals surface area contributed by atoms with E-state index in [4.69, 9.17) is 9.15 Å². The number of aromatic nitrogens is 2. The lowest BCUT2D eigenvalue weighted by molar-refractivity contribution is -0.122. The molecule has 0 bridgehead atoms. The number of hydrogen-bond donors (Lipinski definition) is 2. The van der Waals surface area contributed by atoms with E-state index in [0.29, 0.717) is 36.2 Å². The van der Waals surface area contributed by atoms with Crippen LogP contribution in [0.5, 0.6) is 0 Å². The highest BCUT2D eigenvalue weighted by atomic mass is 16.6. The number of nitrogens with zero attached hydrogens (tertiary/aromatic N) is 3. The predicted molar refractivity (Wildman–Crippen MR) is 158 cm³/mol. The van der Waals surface area contributed by atoms with E-state index in [1.54, 1.807) is 58.0 Å². The summed E-state index contributed by atoms with van der Waals surface area (Å²) in [7, 11) is 1.67. The number of carbonyl (C=O) groups excluding carboxylic acids is 2. The summed E-state index contributed by atoms with van der Waals surface area (Å²) in [6.45, 7) is 7.40. The van der Waals surface area contributed by atoms with Crippen LogP contribution in [0.3, 0.4) is 0 Å². The Hall–Kier alpha value is -4.73. The highest BCUT2D eigenvalue weighted by molar-refractivity contribution is 5.93. The zero-order valence-electron chi connectivity index (χ0n) is 23.9. The van der Waals surface area contributed by atoms with Crippen molar-refractivity contribution >= 4 is 34.6 Å². The Morgan fingerprint density at radius 2 is 1.78 bits per heavy atom. The first-order chi connectivity index (χ1) is 19.5. The van der Waals surface area contributed by atoms with Crippen molar-refractivity contribution in [2.24, 2.45) is 0 Å². The Balaban J connectivity index is 1.59. The van der Waals surface area contributed by atoms with Gasteiger partial charge in [0.2, 0.25) is 5.91 Å². The number of pyridine rings is 1. The van der Waals surface area contributed by atoms with Gasteiger partial charge in [-0.05, 0) is 63.1 Å². The number of ether oxygens (including phenoxy) is 1. The van der Waals surface area contributed by atoms with E-state index in [2.05, 4.69) is 20.6 Å². The van der Waals surface area contributed by atoms with Crippen LogP contribution in [0.15, 0.2) is 76.1 Å². The summed E-state index contributed by atoms with van der Waals surface area (Å²) in [5.41, 5.74) is 1.81. The molecule has 2 aromatic carbocycles. The average molecular weight is 558 g/mol. The van der Waals surface area contributed by atoms with Gasteiger partial charge in [0.05, 0.1) is 10.9 Å². The first-order valence-corrected chi connectivity index (χ1v) is 13.4. The Morgan fingerprint density at radius 1 is 1.05 bits per heavy atom. The molecule has 0 aliphatic carbocycles. The molecular formula is C31H35N5O5. The number of likely N-dealkylation sites (N-methyl/N-ethyl adjacent to an activating group) is 1. The number of carbonyl (C=O) groups is 2. The second-order valence-electron chi connectivity index (χ2n) is 10.7. The van der Waals surface area contributed by atoms with Gasteiger partial charge in [-0.1, -0.05) is 36.4 Å². The van der Waals surface area contributed by atoms with Gasteiger partial charge in [0.15, 0.2) is 0 Å². The van der Waals surface area contributed by atoms with Crippen molar-refractivity contribution < 1.29 is 18.7 Å². The highest BCUT2D eigenvalue weighted by Crippen LogP contribution is 2.25. The van der Waals surface area contributed by atoms with E-state index in [9.17, 15) is 14.4 Å². The Bertz CT molecular complexity index is 1570. The molecule has 0 spiro atoms. The Morgan fingerprint density at radius 3 is 2.46 bits per heavy atom. The van der Waals surface area contributed by atoms with E-state index in [0.717, 1.165) is 11.3 Å². The topological polar surface area (TPSA) is 127 Å². The lowest BCUT2D eigenvalue weighted by Crippen LogP contribution is -2.47. The number of rotatable bonds is 9. The second-order valence-corrected chi connectivity index (χ2v) is 10.7. The monoisotopic (exact) mass is 557 g/mol. The molecule has 1 atom stereocenters. The van der Waals surface area contributed by atoms with Gasteiger partial charge >= 0.3 is 17.7 Å². The van der Waals surface area contributed by atoms with E-state index in [1.165, 1.54) is 0 Å². The van der Waals surface area contributed by atoms with Crippen LogP contribution < -0.4 is 21.2 Å². The molecule has 0 aliphatic heterocycles. The van der Waals surface area contributed by atoms with Crippen LogP contribution >= 0.6 is 0 Å². The van der Waals surface area contributed by atoms with Crippen molar-refractivity contribution in [3.8, 4) is 0 Å². The minimum absolute atomic E-state index is 0.00978. The molecule has 1 unspecified atom stereocenters. The first kappa shape index (κ1) is 29.3. The molecule has 0 saturated heterocycles. The Kier molecular flexibility index (Phi) is 9.01. The van der Waals surface area contributed by atoms with Gasteiger partial charge < -0.3 is 19.4 Å². The zero-order chi connectivity index (χ0) is 29.6. The molecule has 2 aromatic heterocycles. The molecule has 41 heavy (non-hydrogen) atoms. The third-order valence-corrected chi connectivity index (χ3v) is 6.43. The molecule has 2 N–H and O–H groups in total. The van der Waals surface area contributed by atoms with Gasteiger partial charge in [-0.3, -0.25) is 15.1 Å². The standard InChI is InChI=1S/C31H35N5O5/c1-20-23(35-30(39)41-31(2,3)4)14-15-24-26(20)28(38)40-29(34-24)36(5)25(19-21-11-7-6-8-12-21)27(37)33-18-16-22-13-9-10-17-32-22/h6-15,17,25H,16,18-19H2,1-5H3,(H,33,37)(H,35,39). The number of benzene rings is 2. The van der Waals surface area contributed by atoms with Crippen LogP contribution in [0.25, 0.3) is 10.9 Å². The van der Waals surface area contributed by atoms with Crippen molar-refractivity contribution in [3.63, 3.8) is 0 Å². The molecule has 4 rings (SSSR count). The summed E-state index contributed by atoms with van der Waals surface area (Å²) >= 11 is 0. The van der Waals surface area contributed by atoms with Crippen molar-refractivity contribution in [1.29, 1.82) is 0 Å². The second kappa shape index (κ2) is 12.6. The maximum atomic E-state index is 13.4. The molecule has 10 nitrogen and oxygen atoms in total. The molecule has 0 saturated carbocycles. The molecule has 2 heterocycles. The number of hydrogen-bond acceptors (Lipinski definition) is 8. The van der Waals surface area contributed by atoms with E-state index < -0.39 is 23.4 Å². The van der Waals surface area contributed by atoms with Crippen LogP contribution in [0.4, 0.5) is 16.5 Å². The fourth-order valence-electron chi connectivity index (χ4n) is 4.36. The van der Waals surface area contributed by atoms with Gasteiger partial charge in [0, 0.05) is 44.0 Å².